The van der Waals surface area contributed by atoms with Crippen LogP contribution < -0.4 is 21.7 Å². The molecule has 206 valence electrons. The number of carboxylic acids is 1. The van der Waals surface area contributed by atoms with Gasteiger partial charge in [0.2, 0.25) is 17.7 Å². The van der Waals surface area contributed by atoms with Gasteiger partial charge in [0, 0.05) is 6.42 Å². The Hall–Kier alpha value is -4.12. The third-order valence-electron chi connectivity index (χ3n) is 6.26. The maximum atomic E-state index is 13.3. The predicted octanol–water partition coefficient (Wildman–Crippen LogP) is 0.815. The van der Waals surface area contributed by atoms with Gasteiger partial charge in [-0.15, -0.1) is 0 Å². The van der Waals surface area contributed by atoms with Crippen LogP contribution in [0.2, 0.25) is 0 Å². The van der Waals surface area contributed by atoms with Gasteiger partial charge in [-0.2, -0.15) is 0 Å². The molecule has 0 bridgehead atoms. The molecule has 0 spiro atoms. The monoisotopic (exact) mass is 528 g/mol. The lowest BCUT2D eigenvalue weighted by atomic mass is 9.96. The summed E-state index contributed by atoms with van der Waals surface area (Å²) in [4.78, 5) is 50.4. The van der Waals surface area contributed by atoms with Crippen molar-refractivity contribution in [3.63, 3.8) is 0 Å². The number of phenolic OH excluding ortho intramolecular Hbond substituents is 2. The van der Waals surface area contributed by atoms with Gasteiger partial charge in [0.1, 0.15) is 29.6 Å². The number of carbonyl (C=O) groups is 4. The van der Waals surface area contributed by atoms with E-state index in [9.17, 15) is 34.5 Å². The second-order valence-electron chi connectivity index (χ2n) is 9.35. The van der Waals surface area contributed by atoms with Crippen LogP contribution in [-0.4, -0.2) is 63.2 Å². The zero-order chi connectivity index (χ0) is 28.4. The molecule has 8 N–H and O–H groups in total. The molecule has 0 aliphatic rings. The SMILES string of the molecule is CCC(C)C(NC(=O)C(N)Cc1ccc(O)cc1)C(=O)NC(Cc1ccc(O)cc1)C(=O)NC(C)C(=O)O. The second kappa shape index (κ2) is 14.0. The summed E-state index contributed by atoms with van der Waals surface area (Å²) >= 11 is 0. The molecule has 5 atom stereocenters. The van der Waals surface area contributed by atoms with Crippen molar-refractivity contribution in [2.45, 2.75) is 64.2 Å². The number of hydrogen-bond donors (Lipinski definition) is 7. The van der Waals surface area contributed by atoms with Crippen LogP contribution in [0.1, 0.15) is 38.3 Å². The minimum absolute atomic E-state index is 0.0196. The van der Waals surface area contributed by atoms with Crippen molar-refractivity contribution in [1.82, 2.24) is 16.0 Å². The van der Waals surface area contributed by atoms with Gasteiger partial charge in [0.25, 0.3) is 0 Å². The Kier molecular flexibility index (Phi) is 11.1. The number of nitrogens with two attached hydrogens (primary N) is 1. The van der Waals surface area contributed by atoms with Crippen LogP contribution in [0.5, 0.6) is 11.5 Å². The van der Waals surface area contributed by atoms with Crippen LogP contribution >= 0.6 is 0 Å². The van der Waals surface area contributed by atoms with Crippen molar-refractivity contribution in [3.8, 4) is 11.5 Å². The number of carboxylic acid groups (broad SMARTS) is 1. The standard InChI is InChI=1S/C27H36N4O7/c1-4-15(2)23(31-24(34)21(28)13-17-5-9-19(32)10-6-17)26(36)30-22(25(35)29-16(3)27(37)38)14-18-7-11-20(33)12-8-18/h5-12,15-16,21-23,32-33H,4,13-14,28H2,1-3H3,(H,29,35)(H,30,36)(H,31,34)(H,37,38). The molecule has 0 radical (unpaired) electrons. The molecule has 11 nitrogen and oxygen atoms in total. The summed E-state index contributed by atoms with van der Waals surface area (Å²) in [6.07, 6.45) is 0.738. The number of benzene rings is 2. The number of hydrogen-bond acceptors (Lipinski definition) is 7. The lowest BCUT2D eigenvalue weighted by Gasteiger charge is -2.28. The van der Waals surface area contributed by atoms with Crippen LogP contribution in [0.15, 0.2) is 48.5 Å². The highest BCUT2D eigenvalue weighted by atomic mass is 16.4. The van der Waals surface area contributed by atoms with Gasteiger partial charge in [-0.25, -0.2) is 0 Å². The van der Waals surface area contributed by atoms with Crippen molar-refractivity contribution < 1.29 is 34.5 Å². The number of rotatable bonds is 13. The summed E-state index contributed by atoms with van der Waals surface area (Å²) in [6, 6.07) is 7.98. The minimum Gasteiger partial charge on any atom is -0.508 e. The fourth-order valence-electron chi connectivity index (χ4n) is 3.66. The molecule has 5 unspecified atom stereocenters. The molecule has 38 heavy (non-hydrogen) atoms. The Morgan fingerprint density at radius 2 is 1.26 bits per heavy atom. The average molecular weight is 529 g/mol. The fourth-order valence-corrected chi connectivity index (χ4v) is 3.66. The number of aromatic hydroxyl groups is 2. The number of phenols is 2. The maximum absolute atomic E-state index is 13.3. The van der Waals surface area contributed by atoms with Crippen molar-refractivity contribution >= 4 is 23.7 Å². The van der Waals surface area contributed by atoms with Gasteiger partial charge >= 0.3 is 5.97 Å². The predicted molar refractivity (Wildman–Crippen MR) is 140 cm³/mol. The lowest BCUT2D eigenvalue weighted by Crippen LogP contribution is -2.59. The maximum Gasteiger partial charge on any atom is 0.325 e. The van der Waals surface area contributed by atoms with Crippen LogP contribution in [0, 0.1) is 5.92 Å². The van der Waals surface area contributed by atoms with Gasteiger partial charge in [0.15, 0.2) is 0 Å². The van der Waals surface area contributed by atoms with E-state index in [1.165, 1.54) is 31.2 Å². The summed E-state index contributed by atoms with van der Waals surface area (Å²) < 4.78 is 0. The summed E-state index contributed by atoms with van der Waals surface area (Å²) in [5.74, 6) is -3.32. The van der Waals surface area contributed by atoms with E-state index in [2.05, 4.69) is 16.0 Å². The summed E-state index contributed by atoms with van der Waals surface area (Å²) in [6.45, 7) is 4.93. The Bertz CT molecular complexity index is 1110. The molecule has 2 rings (SSSR count). The molecular weight excluding hydrogens is 492 g/mol. The summed E-state index contributed by atoms with van der Waals surface area (Å²) in [7, 11) is 0. The van der Waals surface area contributed by atoms with Crippen molar-refractivity contribution in [3.05, 3.63) is 59.7 Å². The van der Waals surface area contributed by atoms with Crippen molar-refractivity contribution in [2.24, 2.45) is 11.7 Å². The van der Waals surface area contributed by atoms with E-state index in [0.29, 0.717) is 12.0 Å². The fraction of sp³-hybridized carbons (Fsp3) is 0.407. The van der Waals surface area contributed by atoms with Crippen LogP contribution in [-0.2, 0) is 32.0 Å². The Morgan fingerprint density at radius 1 is 0.763 bits per heavy atom. The van der Waals surface area contributed by atoms with Crippen LogP contribution in [0.4, 0.5) is 0 Å². The molecule has 0 aliphatic heterocycles. The number of carbonyl (C=O) groups excluding carboxylic acids is 3. The largest absolute Gasteiger partial charge is 0.508 e. The highest BCUT2D eigenvalue weighted by molar-refractivity contribution is 5.94. The molecule has 3 amide bonds. The zero-order valence-corrected chi connectivity index (χ0v) is 21.7. The Balaban J connectivity index is 2.19. The Labute approximate surface area is 221 Å². The molecule has 0 heterocycles. The van der Waals surface area contributed by atoms with E-state index in [1.54, 1.807) is 31.2 Å². The number of amides is 3. The molecule has 2 aromatic rings. The number of aliphatic carboxylic acids is 1. The highest BCUT2D eigenvalue weighted by Crippen LogP contribution is 2.14. The van der Waals surface area contributed by atoms with E-state index in [4.69, 9.17) is 5.73 Å². The van der Waals surface area contributed by atoms with Gasteiger partial charge in [-0.05, 0) is 54.7 Å². The summed E-state index contributed by atoms with van der Waals surface area (Å²) in [5.41, 5.74) is 7.42. The molecule has 0 fully saturated rings. The third-order valence-corrected chi connectivity index (χ3v) is 6.26. The van der Waals surface area contributed by atoms with Crippen LogP contribution in [0.25, 0.3) is 0 Å². The minimum atomic E-state index is -1.24. The van der Waals surface area contributed by atoms with Gasteiger partial charge in [-0.3, -0.25) is 19.2 Å². The van der Waals surface area contributed by atoms with Gasteiger partial charge in [-0.1, -0.05) is 44.5 Å². The van der Waals surface area contributed by atoms with Gasteiger partial charge in [0.05, 0.1) is 6.04 Å². The van der Waals surface area contributed by atoms with Crippen molar-refractivity contribution in [2.75, 3.05) is 0 Å². The zero-order valence-electron chi connectivity index (χ0n) is 21.7. The Morgan fingerprint density at radius 3 is 1.74 bits per heavy atom. The first-order chi connectivity index (χ1) is 17.9. The molecule has 0 aliphatic carbocycles. The molecule has 0 saturated carbocycles. The van der Waals surface area contributed by atoms with E-state index >= 15 is 0 Å². The molecular formula is C27H36N4O7. The lowest BCUT2D eigenvalue weighted by molar-refractivity contribution is -0.141. The van der Waals surface area contributed by atoms with E-state index in [-0.39, 0.29) is 30.3 Å². The normalized spacial score (nSPS) is 14.8. The van der Waals surface area contributed by atoms with E-state index in [0.717, 1.165) is 5.56 Å². The molecule has 11 heteroatoms. The first-order valence-corrected chi connectivity index (χ1v) is 12.4. The summed E-state index contributed by atoms with van der Waals surface area (Å²) in [5, 5.41) is 35.9. The molecule has 0 saturated heterocycles. The highest BCUT2D eigenvalue weighted by Gasteiger charge is 2.32. The van der Waals surface area contributed by atoms with E-state index in [1.807, 2.05) is 6.92 Å². The third kappa shape index (κ3) is 9.07. The first kappa shape index (κ1) is 30.1. The second-order valence-corrected chi connectivity index (χ2v) is 9.35. The average Bonchev–Trinajstić information content (AvgIpc) is 2.88. The van der Waals surface area contributed by atoms with E-state index < -0.39 is 47.9 Å². The smallest absolute Gasteiger partial charge is 0.325 e. The quantitative estimate of drug-likeness (QED) is 0.199. The first-order valence-electron chi connectivity index (χ1n) is 12.4. The topological polar surface area (TPSA) is 191 Å². The van der Waals surface area contributed by atoms with Crippen LogP contribution in [0.3, 0.4) is 0 Å². The van der Waals surface area contributed by atoms with Gasteiger partial charge < -0.3 is 37.0 Å². The molecule has 2 aromatic carbocycles. The molecule has 0 aromatic heterocycles. The number of nitrogens with one attached hydrogen (secondary N) is 3. The van der Waals surface area contributed by atoms with Crippen molar-refractivity contribution in [1.29, 1.82) is 0 Å².